The number of carbonyl (C=O) groups is 3. The number of benzene rings is 1. The van der Waals surface area contributed by atoms with Crippen LogP contribution in [0.4, 0.5) is 5.69 Å². The van der Waals surface area contributed by atoms with Crippen LogP contribution in [0.15, 0.2) is 24.3 Å². The third kappa shape index (κ3) is 6.40. The molecule has 0 aliphatic heterocycles. The molecule has 24 heavy (non-hydrogen) atoms. The molecule has 1 saturated carbocycles. The molecule has 1 aromatic carbocycles. The first-order valence-electron chi connectivity index (χ1n) is 8.40. The Morgan fingerprint density at radius 3 is 2.58 bits per heavy atom. The maximum Gasteiger partial charge on any atom is 0.307 e. The smallest absolute Gasteiger partial charge is 0.307 e. The number of nitrogens with one attached hydrogen (secondary N) is 2. The van der Waals surface area contributed by atoms with Crippen molar-refractivity contribution < 1.29 is 19.5 Å². The van der Waals surface area contributed by atoms with E-state index in [4.69, 9.17) is 5.11 Å². The summed E-state index contributed by atoms with van der Waals surface area (Å²) in [6, 6.07) is 6.68. The van der Waals surface area contributed by atoms with Gasteiger partial charge in [-0.25, -0.2) is 0 Å². The van der Waals surface area contributed by atoms with Crippen LogP contribution >= 0.6 is 0 Å². The molecule has 1 aliphatic rings. The zero-order chi connectivity index (χ0) is 17.4. The number of rotatable bonds is 8. The molecule has 0 spiro atoms. The van der Waals surface area contributed by atoms with Crippen molar-refractivity contribution in [3.05, 3.63) is 29.8 Å². The van der Waals surface area contributed by atoms with Crippen LogP contribution in [0.25, 0.3) is 0 Å². The molecular formula is C18H24N2O4. The van der Waals surface area contributed by atoms with E-state index in [-0.39, 0.29) is 24.8 Å². The van der Waals surface area contributed by atoms with E-state index in [0.717, 1.165) is 6.42 Å². The van der Waals surface area contributed by atoms with Crippen molar-refractivity contribution in [2.24, 2.45) is 5.92 Å². The second-order valence-electron chi connectivity index (χ2n) is 6.28. The zero-order valence-corrected chi connectivity index (χ0v) is 13.7. The minimum absolute atomic E-state index is 0.0767. The minimum atomic E-state index is -0.923. The molecule has 2 rings (SSSR count). The molecule has 0 bridgehead atoms. The largest absolute Gasteiger partial charge is 0.481 e. The fourth-order valence-corrected chi connectivity index (χ4v) is 3.04. The standard InChI is InChI=1S/C18H24N2O4/c21-16(9-8-13-4-1-2-5-13)19-12-17(22)20-15-7-3-6-14(10-15)11-18(23)24/h3,6-7,10,13H,1-2,4-5,8-9,11-12H2,(H,19,21)(H,20,22)(H,23,24). The van der Waals surface area contributed by atoms with Gasteiger partial charge in [0.05, 0.1) is 13.0 Å². The van der Waals surface area contributed by atoms with E-state index >= 15 is 0 Å². The first-order valence-corrected chi connectivity index (χ1v) is 8.40. The van der Waals surface area contributed by atoms with Crippen LogP contribution in [-0.4, -0.2) is 29.4 Å². The first-order chi connectivity index (χ1) is 11.5. The molecule has 1 aromatic rings. The van der Waals surface area contributed by atoms with Crippen LogP contribution in [0.2, 0.25) is 0 Å². The van der Waals surface area contributed by atoms with E-state index in [9.17, 15) is 14.4 Å². The summed E-state index contributed by atoms with van der Waals surface area (Å²) in [5, 5.41) is 14.1. The van der Waals surface area contributed by atoms with E-state index in [2.05, 4.69) is 10.6 Å². The quantitative estimate of drug-likeness (QED) is 0.681. The van der Waals surface area contributed by atoms with E-state index in [0.29, 0.717) is 23.6 Å². The molecule has 2 amide bonds. The van der Waals surface area contributed by atoms with Crippen molar-refractivity contribution >= 4 is 23.5 Å². The third-order valence-electron chi connectivity index (χ3n) is 4.27. The number of aliphatic carboxylic acids is 1. The van der Waals surface area contributed by atoms with Gasteiger partial charge in [0.25, 0.3) is 0 Å². The van der Waals surface area contributed by atoms with E-state index in [1.807, 2.05) is 0 Å². The Labute approximate surface area is 141 Å². The van der Waals surface area contributed by atoms with Crippen molar-refractivity contribution in [1.29, 1.82) is 0 Å². The molecule has 130 valence electrons. The second kappa shape index (κ2) is 9.05. The Balaban J connectivity index is 1.70. The van der Waals surface area contributed by atoms with Crippen LogP contribution in [0, 0.1) is 5.92 Å². The summed E-state index contributed by atoms with van der Waals surface area (Å²) in [5.74, 6) is -0.692. The van der Waals surface area contributed by atoms with Gasteiger partial charge >= 0.3 is 5.97 Å². The summed E-state index contributed by atoms with van der Waals surface area (Å²) in [7, 11) is 0. The van der Waals surface area contributed by atoms with Crippen LogP contribution in [0.5, 0.6) is 0 Å². The lowest BCUT2D eigenvalue weighted by molar-refractivity contribution is -0.136. The van der Waals surface area contributed by atoms with Gasteiger partial charge in [-0.05, 0) is 30.0 Å². The number of anilines is 1. The number of carboxylic acids is 1. The number of amides is 2. The molecule has 0 atom stereocenters. The number of hydrogen-bond acceptors (Lipinski definition) is 3. The fraction of sp³-hybridized carbons (Fsp3) is 0.500. The first kappa shape index (κ1) is 18.0. The van der Waals surface area contributed by atoms with Crippen molar-refractivity contribution in [3.63, 3.8) is 0 Å². The Kier molecular flexibility index (Phi) is 6.78. The Morgan fingerprint density at radius 2 is 1.88 bits per heavy atom. The van der Waals surface area contributed by atoms with Gasteiger partial charge in [-0.1, -0.05) is 37.8 Å². The van der Waals surface area contributed by atoms with Crippen LogP contribution in [0.3, 0.4) is 0 Å². The van der Waals surface area contributed by atoms with Gasteiger partial charge in [-0.15, -0.1) is 0 Å². The summed E-state index contributed by atoms with van der Waals surface area (Å²) < 4.78 is 0. The molecule has 0 radical (unpaired) electrons. The van der Waals surface area contributed by atoms with Gasteiger partial charge in [0.15, 0.2) is 0 Å². The molecule has 3 N–H and O–H groups in total. The van der Waals surface area contributed by atoms with Crippen LogP contribution in [0.1, 0.15) is 44.1 Å². The molecule has 0 heterocycles. The summed E-state index contributed by atoms with van der Waals surface area (Å²) in [6.45, 7) is -0.0767. The molecule has 6 nitrogen and oxygen atoms in total. The van der Waals surface area contributed by atoms with Gasteiger partial charge in [0, 0.05) is 12.1 Å². The predicted octanol–water partition coefficient (Wildman–Crippen LogP) is 2.34. The van der Waals surface area contributed by atoms with Crippen LogP contribution < -0.4 is 10.6 Å². The zero-order valence-electron chi connectivity index (χ0n) is 13.7. The summed E-state index contributed by atoms with van der Waals surface area (Å²) in [5.41, 5.74) is 1.14. The van der Waals surface area contributed by atoms with Gasteiger partial charge < -0.3 is 15.7 Å². The highest BCUT2D eigenvalue weighted by Gasteiger charge is 2.16. The molecule has 0 aromatic heterocycles. The molecule has 1 fully saturated rings. The Hall–Kier alpha value is -2.37. The van der Waals surface area contributed by atoms with Crippen molar-refractivity contribution in [1.82, 2.24) is 5.32 Å². The molecule has 1 aliphatic carbocycles. The number of carboxylic acid groups (broad SMARTS) is 1. The minimum Gasteiger partial charge on any atom is -0.481 e. The number of hydrogen-bond donors (Lipinski definition) is 3. The van der Waals surface area contributed by atoms with Gasteiger partial charge in [0.1, 0.15) is 0 Å². The molecular weight excluding hydrogens is 308 g/mol. The highest BCUT2D eigenvalue weighted by molar-refractivity contribution is 5.94. The average Bonchev–Trinajstić information content (AvgIpc) is 3.04. The molecule has 0 unspecified atom stereocenters. The van der Waals surface area contributed by atoms with Gasteiger partial charge in [-0.2, -0.15) is 0 Å². The highest BCUT2D eigenvalue weighted by atomic mass is 16.4. The Bertz CT molecular complexity index is 594. The van der Waals surface area contributed by atoms with Crippen molar-refractivity contribution in [3.8, 4) is 0 Å². The lowest BCUT2D eigenvalue weighted by Gasteiger charge is -2.10. The topological polar surface area (TPSA) is 95.5 Å². The van der Waals surface area contributed by atoms with E-state index in [1.54, 1.807) is 24.3 Å². The van der Waals surface area contributed by atoms with Gasteiger partial charge in [0.2, 0.25) is 11.8 Å². The summed E-state index contributed by atoms with van der Waals surface area (Å²) in [6.07, 6.45) is 6.20. The SMILES string of the molecule is O=C(O)Cc1cccc(NC(=O)CNC(=O)CCC2CCCC2)c1. The summed E-state index contributed by atoms with van der Waals surface area (Å²) in [4.78, 5) is 34.3. The van der Waals surface area contributed by atoms with Gasteiger partial charge in [-0.3, -0.25) is 14.4 Å². The monoisotopic (exact) mass is 332 g/mol. The molecule has 6 heteroatoms. The summed E-state index contributed by atoms with van der Waals surface area (Å²) >= 11 is 0. The lowest BCUT2D eigenvalue weighted by atomic mass is 10.0. The highest BCUT2D eigenvalue weighted by Crippen LogP contribution is 2.28. The van der Waals surface area contributed by atoms with Crippen molar-refractivity contribution in [2.75, 3.05) is 11.9 Å². The average molecular weight is 332 g/mol. The second-order valence-corrected chi connectivity index (χ2v) is 6.28. The third-order valence-corrected chi connectivity index (χ3v) is 4.27. The predicted molar refractivity (Wildman–Crippen MR) is 90.6 cm³/mol. The normalized spacial score (nSPS) is 14.3. The maximum atomic E-state index is 11.9. The van der Waals surface area contributed by atoms with E-state index < -0.39 is 5.97 Å². The molecule has 0 saturated heterocycles. The maximum absolute atomic E-state index is 11.9. The number of carbonyl (C=O) groups excluding carboxylic acids is 2. The Morgan fingerprint density at radius 1 is 1.12 bits per heavy atom. The van der Waals surface area contributed by atoms with Crippen molar-refractivity contribution in [2.45, 2.75) is 44.9 Å². The van der Waals surface area contributed by atoms with Crippen LogP contribution in [-0.2, 0) is 20.8 Å². The lowest BCUT2D eigenvalue weighted by Crippen LogP contribution is -2.32. The van der Waals surface area contributed by atoms with E-state index in [1.165, 1.54) is 25.7 Å². The fourth-order valence-electron chi connectivity index (χ4n) is 3.04.